The van der Waals surface area contributed by atoms with E-state index in [4.69, 9.17) is 11.5 Å². The van der Waals surface area contributed by atoms with Crippen LogP contribution in [0.4, 0.5) is 5.82 Å². The second-order valence-electron chi connectivity index (χ2n) is 7.96. The van der Waals surface area contributed by atoms with Gasteiger partial charge in [0.2, 0.25) is 0 Å². The maximum Gasteiger partial charge on any atom is 0.254 e. The van der Waals surface area contributed by atoms with Gasteiger partial charge in [0.15, 0.2) is 5.82 Å². The summed E-state index contributed by atoms with van der Waals surface area (Å²) in [6.07, 6.45) is 12.0. The van der Waals surface area contributed by atoms with Crippen molar-refractivity contribution in [3.05, 3.63) is 83.3 Å². The maximum atomic E-state index is 12.3. The highest BCUT2D eigenvalue weighted by molar-refractivity contribution is 6.01. The van der Waals surface area contributed by atoms with Crippen LogP contribution in [0.1, 0.15) is 23.0 Å². The van der Waals surface area contributed by atoms with Crippen LogP contribution in [0.2, 0.25) is 0 Å². The van der Waals surface area contributed by atoms with E-state index in [1.165, 1.54) is 0 Å². The number of rotatable bonds is 7. The summed E-state index contributed by atoms with van der Waals surface area (Å²) in [5.41, 5.74) is 4.90. The number of nitriles is 1. The smallest absolute Gasteiger partial charge is 0.254 e. The number of pyridine rings is 2. The maximum absolute atomic E-state index is 12.3. The van der Waals surface area contributed by atoms with Gasteiger partial charge in [-0.3, -0.25) is 4.79 Å². The van der Waals surface area contributed by atoms with Crippen molar-refractivity contribution in [2.24, 2.45) is 0 Å². The summed E-state index contributed by atoms with van der Waals surface area (Å²) >= 11 is 0. The summed E-state index contributed by atoms with van der Waals surface area (Å²) in [6.45, 7) is 4.01. The summed E-state index contributed by atoms with van der Waals surface area (Å²) in [6, 6.07) is 13.6. The molecule has 4 aromatic rings. The van der Waals surface area contributed by atoms with Crippen LogP contribution in [0.15, 0.2) is 72.1 Å². The Labute approximate surface area is 208 Å². The number of hydrogen-bond acceptors (Lipinski definition) is 6. The first-order chi connectivity index (χ1) is 17.4. The molecule has 0 aliphatic carbocycles. The molecule has 0 aliphatic heterocycles. The Balaban J connectivity index is 1.80. The summed E-state index contributed by atoms with van der Waals surface area (Å²) in [4.78, 5) is 17.0. The topological polar surface area (TPSA) is 113 Å². The Kier molecular flexibility index (Phi) is 6.94. The molecule has 9 heteroatoms. The molecule has 0 fully saturated rings. The first kappa shape index (κ1) is 24.0. The van der Waals surface area contributed by atoms with Gasteiger partial charge in [0.25, 0.3) is 5.91 Å². The van der Waals surface area contributed by atoms with Crippen LogP contribution in [0, 0.1) is 30.6 Å². The molecule has 0 saturated heterocycles. The highest BCUT2D eigenvalue weighted by Gasteiger charge is 2.17. The van der Waals surface area contributed by atoms with E-state index < -0.39 is 0 Å². The van der Waals surface area contributed by atoms with Gasteiger partial charge < -0.3 is 10.6 Å². The Bertz CT molecular complexity index is 1590. The molecule has 0 atom stereocenters. The molecule has 2 N–H and O–H groups in total. The van der Waals surface area contributed by atoms with Crippen molar-refractivity contribution in [2.75, 3.05) is 18.9 Å². The number of nitrogens with zero attached hydrogens (tertiary/aromatic N) is 6. The van der Waals surface area contributed by atoms with Gasteiger partial charge in [-0.1, -0.05) is 12.0 Å². The van der Waals surface area contributed by atoms with Crippen LogP contribution in [-0.4, -0.2) is 43.9 Å². The zero-order valence-corrected chi connectivity index (χ0v) is 20.1. The lowest BCUT2D eigenvalue weighted by atomic mass is 10.1. The number of terminal acetylenes is 1. The van der Waals surface area contributed by atoms with Crippen molar-refractivity contribution < 1.29 is 4.79 Å². The first-order valence-corrected chi connectivity index (χ1v) is 11.2. The molecule has 0 radical (unpaired) electrons. The largest absolute Gasteiger partial charge is 0.364 e. The molecule has 0 aromatic carbocycles. The van der Waals surface area contributed by atoms with Gasteiger partial charge in [0.1, 0.15) is 5.82 Å². The monoisotopic (exact) mass is 476 g/mol. The fraction of sp³-hybridized carbons (Fsp3) is 0.148. The zero-order chi connectivity index (χ0) is 25.7. The summed E-state index contributed by atoms with van der Waals surface area (Å²) in [7, 11) is 1.58. The van der Waals surface area contributed by atoms with Crippen LogP contribution < -0.4 is 10.6 Å². The third-order valence-electron chi connectivity index (χ3n) is 5.58. The van der Waals surface area contributed by atoms with E-state index in [9.17, 15) is 10.1 Å². The Hall–Kier alpha value is -5.15. The highest BCUT2D eigenvalue weighted by Crippen LogP contribution is 2.28. The standard InChI is InChI=1S/C27H24N8O/c1-5-6-9-21(18(2)15-28)16-30-25-14-23(35(33-25)26-10-7-8-19(3)32-26)20-11-12-34-24(13-20)22(17-31-34)27(36)29-4/h1,6-14,17H,16H2,2-4H3,(H,29,36)(H,30,33)/b9-6-,21-18-. The number of hydrogen-bond donors (Lipinski definition) is 2. The zero-order valence-electron chi connectivity index (χ0n) is 20.1. The van der Waals surface area contributed by atoms with E-state index in [1.807, 2.05) is 43.3 Å². The van der Waals surface area contributed by atoms with Crippen molar-refractivity contribution in [2.45, 2.75) is 13.8 Å². The minimum absolute atomic E-state index is 0.217. The van der Waals surface area contributed by atoms with E-state index >= 15 is 0 Å². The van der Waals surface area contributed by atoms with Gasteiger partial charge in [-0.25, -0.2) is 14.2 Å². The molecule has 0 bridgehead atoms. The minimum atomic E-state index is -0.217. The molecule has 0 saturated carbocycles. The molecule has 36 heavy (non-hydrogen) atoms. The van der Waals surface area contributed by atoms with Crippen molar-refractivity contribution in [3.8, 4) is 35.5 Å². The van der Waals surface area contributed by atoms with Gasteiger partial charge in [-0.15, -0.1) is 11.5 Å². The molecule has 4 aromatic heterocycles. The van der Waals surface area contributed by atoms with Gasteiger partial charge in [0, 0.05) is 42.7 Å². The van der Waals surface area contributed by atoms with Gasteiger partial charge in [-0.05, 0) is 55.8 Å². The van der Waals surface area contributed by atoms with Gasteiger partial charge >= 0.3 is 0 Å². The highest BCUT2D eigenvalue weighted by atomic mass is 16.1. The number of nitrogens with one attached hydrogen (secondary N) is 2. The molecule has 1 amide bonds. The molecular weight excluding hydrogens is 452 g/mol. The number of aromatic nitrogens is 5. The molecule has 4 heterocycles. The predicted molar refractivity (Wildman–Crippen MR) is 138 cm³/mol. The van der Waals surface area contributed by atoms with E-state index in [1.54, 1.807) is 47.7 Å². The average Bonchev–Trinajstić information content (AvgIpc) is 3.52. The lowest BCUT2D eigenvalue weighted by molar-refractivity contribution is 0.0964. The van der Waals surface area contributed by atoms with Crippen molar-refractivity contribution in [1.29, 1.82) is 5.26 Å². The SMILES string of the molecule is C#C/C=C\C(CNc1cc(-c2ccn3ncc(C(=O)NC)c3c2)n(-c2cccc(C)n2)n1)=C(/C)C#N. The number of aryl methyl sites for hydroxylation is 1. The van der Waals surface area contributed by atoms with E-state index in [2.05, 4.69) is 32.7 Å². The number of carbonyl (C=O) groups is 1. The number of carbonyl (C=O) groups excluding carboxylic acids is 1. The number of anilines is 1. The molecule has 4 rings (SSSR count). The van der Waals surface area contributed by atoms with Crippen molar-refractivity contribution in [1.82, 2.24) is 29.7 Å². The number of amides is 1. The van der Waals surface area contributed by atoms with Crippen LogP contribution in [0.25, 0.3) is 22.6 Å². The molecular formula is C27H24N8O. The third kappa shape index (κ3) is 4.86. The summed E-state index contributed by atoms with van der Waals surface area (Å²) < 4.78 is 3.40. The van der Waals surface area contributed by atoms with E-state index in [-0.39, 0.29) is 5.91 Å². The van der Waals surface area contributed by atoms with E-state index in [0.717, 1.165) is 22.5 Å². The van der Waals surface area contributed by atoms with Crippen LogP contribution >= 0.6 is 0 Å². The molecule has 0 spiro atoms. The second kappa shape index (κ2) is 10.4. The third-order valence-corrected chi connectivity index (χ3v) is 5.58. The van der Waals surface area contributed by atoms with E-state index in [0.29, 0.717) is 34.8 Å². The van der Waals surface area contributed by atoms with Crippen molar-refractivity contribution in [3.63, 3.8) is 0 Å². The van der Waals surface area contributed by atoms with Crippen LogP contribution in [0.3, 0.4) is 0 Å². The Morgan fingerprint density at radius 1 is 1.28 bits per heavy atom. The van der Waals surface area contributed by atoms with Gasteiger partial charge in [-0.2, -0.15) is 10.4 Å². The average molecular weight is 477 g/mol. The quantitative estimate of drug-likeness (QED) is 0.239. The fourth-order valence-electron chi connectivity index (χ4n) is 3.67. The lowest BCUT2D eigenvalue weighted by Gasteiger charge is -2.08. The summed E-state index contributed by atoms with van der Waals surface area (Å²) in [5.74, 6) is 3.47. The second-order valence-corrected chi connectivity index (χ2v) is 7.96. The van der Waals surface area contributed by atoms with Crippen LogP contribution in [0.5, 0.6) is 0 Å². The number of fused-ring (bicyclic) bond motifs is 1. The molecule has 0 unspecified atom stereocenters. The normalized spacial score (nSPS) is 11.7. The van der Waals surface area contributed by atoms with Gasteiger partial charge in [0.05, 0.1) is 29.0 Å². The molecule has 0 aliphatic rings. The molecule has 178 valence electrons. The van der Waals surface area contributed by atoms with Crippen molar-refractivity contribution >= 4 is 17.2 Å². The fourth-order valence-corrected chi connectivity index (χ4v) is 3.67. The number of allylic oxidation sites excluding steroid dienone is 2. The first-order valence-electron chi connectivity index (χ1n) is 11.2. The minimum Gasteiger partial charge on any atom is -0.364 e. The lowest BCUT2D eigenvalue weighted by Crippen LogP contribution is -2.17. The predicted octanol–water partition coefficient (Wildman–Crippen LogP) is 3.69. The Morgan fingerprint density at radius 3 is 2.83 bits per heavy atom. The molecule has 9 nitrogen and oxygen atoms in total. The van der Waals surface area contributed by atoms with Crippen LogP contribution in [-0.2, 0) is 0 Å². The Morgan fingerprint density at radius 2 is 2.11 bits per heavy atom. The summed E-state index contributed by atoms with van der Waals surface area (Å²) in [5, 5.41) is 24.3.